The molecule has 0 spiro atoms. The average Bonchev–Trinajstić information content (AvgIpc) is 2.87. The van der Waals surface area contributed by atoms with Gasteiger partial charge in [-0.2, -0.15) is 0 Å². The predicted octanol–water partition coefficient (Wildman–Crippen LogP) is 4.46. The third kappa shape index (κ3) is 3.27. The molecule has 3 nitrogen and oxygen atoms in total. The number of thiazole rings is 1. The number of fused-ring (bicyclic) bond motifs is 1. The molecule has 0 saturated carbocycles. The van der Waals surface area contributed by atoms with Crippen molar-refractivity contribution in [2.45, 2.75) is 12.5 Å². The number of rotatable bonds is 4. The minimum Gasteiger partial charge on any atom is -0.271 e. The van der Waals surface area contributed by atoms with Crippen LogP contribution >= 0.6 is 38.9 Å². The highest BCUT2D eigenvalue weighted by atomic mass is 79.9. The fourth-order valence-corrected chi connectivity index (χ4v) is 4.04. The van der Waals surface area contributed by atoms with Crippen molar-refractivity contribution in [3.05, 3.63) is 62.5 Å². The van der Waals surface area contributed by atoms with Gasteiger partial charge < -0.3 is 0 Å². The molecule has 1 aromatic heterocycles. The van der Waals surface area contributed by atoms with Gasteiger partial charge in [0.05, 0.1) is 21.3 Å². The predicted molar refractivity (Wildman–Crippen MR) is 92.5 cm³/mol. The molecule has 0 bridgehead atoms. The number of hydrazine groups is 1. The standard InChI is InChI=1S/C15H13BrClN3S/c16-9-5-6-10(11(17)7-9)13(20-18)8-15-19-12-3-1-2-4-14(12)21-15/h1-7,13,20H,8,18H2. The van der Waals surface area contributed by atoms with Crippen LogP contribution in [0, 0.1) is 0 Å². The van der Waals surface area contributed by atoms with Gasteiger partial charge in [0, 0.05) is 15.9 Å². The maximum absolute atomic E-state index is 6.31. The first-order chi connectivity index (χ1) is 10.2. The van der Waals surface area contributed by atoms with E-state index in [1.54, 1.807) is 11.3 Å². The highest BCUT2D eigenvalue weighted by Crippen LogP contribution is 2.30. The molecular formula is C15H13BrClN3S. The SMILES string of the molecule is NNC(Cc1nc2ccccc2s1)c1ccc(Br)cc1Cl. The van der Waals surface area contributed by atoms with Gasteiger partial charge in [0.1, 0.15) is 0 Å². The van der Waals surface area contributed by atoms with E-state index in [2.05, 4.69) is 32.4 Å². The van der Waals surface area contributed by atoms with Crippen molar-refractivity contribution in [3.63, 3.8) is 0 Å². The summed E-state index contributed by atoms with van der Waals surface area (Å²) in [7, 11) is 0. The van der Waals surface area contributed by atoms with E-state index in [1.807, 2.05) is 36.4 Å². The molecule has 1 atom stereocenters. The Balaban J connectivity index is 1.90. The van der Waals surface area contributed by atoms with E-state index in [1.165, 1.54) is 4.70 Å². The van der Waals surface area contributed by atoms with Crippen molar-refractivity contribution in [1.29, 1.82) is 0 Å². The third-order valence-electron chi connectivity index (χ3n) is 3.26. The van der Waals surface area contributed by atoms with E-state index in [0.717, 1.165) is 20.6 Å². The zero-order valence-electron chi connectivity index (χ0n) is 11.0. The third-order valence-corrected chi connectivity index (χ3v) is 5.14. The van der Waals surface area contributed by atoms with E-state index in [9.17, 15) is 0 Å². The lowest BCUT2D eigenvalue weighted by Crippen LogP contribution is -2.29. The normalized spacial score (nSPS) is 12.7. The fourth-order valence-electron chi connectivity index (χ4n) is 2.22. The summed E-state index contributed by atoms with van der Waals surface area (Å²) in [4.78, 5) is 4.64. The van der Waals surface area contributed by atoms with E-state index in [0.29, 0.717) is 11.4 Å². The molecule has 1 heterocycles. The first-order valence-corrected chi connectivity index (χ1v) is 8.41. The van der Waals surface area contributed by atoms with Crippen LogP contribution in [0.3, 0.4) is 0 Å². The Morgan fingerprint density at radius 1 is 1.29 bits per heavy atom. The molecule has 2 aromatic carbocycles. The van der Waals surface area contributed by atoms with Gasteiger partial charge in [-0.15, -0.1) is 11.3 Å². The highest BCUT2D eigenvalue weighted by molar-refractivity contribution is 9.10. The summed E-state index contributed by atoms with van der Waals surface area (Å²) in [6.07, 6.45) is 0.706. The quantitative estimate of drug-likeness (QED) is 0.517. The van der Waals surface area contributed by atoms with Crippen molar-refractivity contribution in [2.24, 2.45) is 5.84 Å². The minimum absolute atomic E-state index is 0.0637. The van der Waals surface area contributed by atoms with Crippen LogP contribution in [0.1, 0.15) is 16.6 Å². The molecule has 0 saturated heterocycles. The zero-order valence-corrected chi connectivity index (χ0v) is 14.2. The van der Waals surface area contributed by atoms with Crippen LogP contribution in [-0.4, -0.2) is 4.98 Å². The number of benzene rings is 2. The van der Waals surface area contributed by atoms with Gasteiger partial charge in [0.25, 0.3) is 0 Å². The van der Waals surface area contributed by atoms with Crippen LogP contribution < -0.4 is 11.3 Å². The molecule has 1 unspecified atom stereocenters. The molecule has 0 aliphatic rings. The Kier molecular flexibility index (Phi) is 4.57. The van der Waals surface area contributed by atoms with Crippen LogP contribution in [0.25, 0.3) is 10.2 Å². The number of nitrogens with one attached hydrogen (secondary N) is 1. The number of nitrogens with zero attached hydrogens (tertiary/aromatic N) is 1. The Labute approximate surface area is 140 Å². The fraction of sp³-hybridized carbons (Fsp3) is 0.133. The Morgan fingerprint density at radius 2 is 2.10 bits per heavy atom. The summed E-state index contributed by atoms with van der Waals surface area (Å²) in [5.41, 5.74) is 4.84. The van der Waals surface area contributed by atoms with Gasteiger partial charge in [-0.1, -0.05) is 45.7 Å². The number of halogens is 2. The number of aromatic nitrogens is 1. The molecule has 3 N–H and O–H groups in total. The maximum atomic E-state index is 6.31. The number of hydrogen-bond acceptors (Lipinski definition) is 4. The van der Waals surface area contributed by atoms with E-state index in [4.69, 9.17) is 17.4 Å². The van der Waals surface area contributed by atoms with Crippen LogP contribution in [0.4, 0.5) is 0 Å². The molecular weight excluding hydrogens is 370 g/mol. The average molecular weight is 383 g/mol. The molecule has 0 fully saturated rings. The molecule has 21 heavy (non-hydrogen) atoms. The summed E-state index contributed by atoms with van der Waals surface area (Å²) in [6.45, 7) is 0. The summed E-state index contributed by atoms with van der Waals surface area (Å²) < 4.78 is 2.14. The van der Waals surface area contributed by atoms with E-state index >= 15 is 0 Å². The molecule has 0 aliphatic heterocycles. The summed E-state index contributed by atoms with van der Waals surface area (Å²) in [6, 6.07) is 13.9. The van der Waals surface area contributed by atoms with Gasteiger partial charge in [0.15, 0.2) is 0 Å². The Morgan fingerprint density at radius 3 is 2.81 bits per heavy atom. The first-order valence-electron chi connectivity index (χ1n) is 6.43. The molecule has 108 valence electrons. The largest absolute Gasteiger partial charge is 0.271 e. The minimum atomic E-state index is -0.0637. The van der Waals surface area contributed by atoms with Crippen molar-refractivity contribution in [3.8, 4) is 0 Å². The Hall–Kier alpha value is -0.980. The second kappa shape index (κ2) is 6.42. The number of nitrogens with two attached hydrogens (primary N) is 1. The lowest BCUT2D eigenvalue weighted by Gasteiger charge is -2.16. The lowest BCUT2D eigenvalue weighted by molar-refractivity contribution is 0.551. The Bertz CT molecular complexity index is 741. The van der Waals surface area contributed by atoms with Crippen LogP contribution in [0.5, 0.6) is 0 Å². The molecule has 6 heteroatoms. The monoisotopic (exact) mass is 381 g/mol. The van der Waals surface area contributed by atoms with Crippen molar-refractivity contribution >= 4 is 49.1 Å². The van der Waals surface area contributed by atoms with E-state index < -0.39 is 0 Å². The number of para-hydroxylation sites is 1. The molecule has 0 radical (unpaired) electrons. The van der Waals surface area contributed by atoms with Gasteiger partial charge in [-0.3, -0.25) is 11.3 Å². The molecule has 3 rings (SSSR count). The second-order valence-corrected chi connectivity index (χ2v) is 7.10. The van der Waals surface area contributed by atoms with E-state index in [-0.39, 0.29) is 6.04 Å². The van der Waals surface area contributed by atoms with Gasteiger partial charge in [-0.25, -0.2) is 4.98 Å². The smallest absolute Gasteiger partial charge is 0.0958 e. The zero-order chi connectivity index (χ0) is 14.8. The van der Waals surface area contributed by atoms with Gasteiger partial charge in [-0.05, 0) is 29.8 Å². The summed E-state index contributed by atoms with van der Waals surface area (Å²) in [5, 5.41) is 1.73. The van der Waals surface area contributed by atoms with Gasteiger partial charge >= 0.3 is 0 Å². The van der Waals surface area contributed by atoms with Crippen molar-refractivity contribution < 1.29 is 0 Å². The van der Waals surface area contributed by atoms with Crippen LogP contribution in [-0.2, 0) is 6.42 Å². The van der Waals surface area contributed by atoms with Crippen molar-refractivity contribution in [1.82, 2.24) is 10.4 Å². The maximum Gasteiger partial charge on any atom is 0.0958 e. The lowest BCUT2D eigenvalue weighted by atomic mass is 10.0. The second-order valence-electron chi connectivity index (χ2n) is 4.66. The van der Waals surface area contributed by atoms with Crippen molar-refractivity contribution in [2.75, 3.05) is 0 Å². The highest BCUT2D eigenvalue weighted by Gasteiger charge is 2.16. The number of hydrogen-bond donors (Lipinski definition) is 2. The molecule has 0 amide bonds. The first kappa shape index (κ1) is 14.9. The van der Waals surface area contributed by atoms with Gasteiger partial charge in [0.2, 0.25) is 0 Å². The van der Waals surface area contributed by atoms with Crippen LogP contribution in [0.2, 0.25) is 5.02 Å². The molecule has 3 aromatic rings. The molecule has 0 aliphatic carbocycles. The van der Waals surface area contributed by atoms with Crippen LogP contribution in [0.15, 0.2) is 46.9 Å². The topological polar surface area (TPSA) is 50.9 Å². The summed E-state index contributed by atoms with van der Waals surface area (Å²) >= 11 is 11.4. The summed E-state index contributed by atoms with van der Waals surface area (Å²) in [5.74, 6) is 5.71.